The largest absolute Gasteiger partial charge is 0.495 e. The molecule has 0 aliphatic rings. The van der Waals surface area contributed by atoms with Crippen molar-refractivity contribution in [2.24, 2.45) is 5.10 Å². The van der Waals surface area contributed by atoms with E-state index in [-0.39, 0.29) is 5.91 Å². The molecule has 0 spiro atoms. The van der Waals surface area contributed by atoms with E-state index in [9.17, 15) is 4.79 Å². The molecule has 0 aromatic heterocycles. The molecule has 0 saturated heterocycles. The Hall–Kier alpha value is -3.34. The van der Waals surface area contributed by atoms with E-state index in [1.807, 2.05) is 49.4 Å². The Morgan fingerprint density at radius 1 is 1.00 bits per heavy atom. The predicted molar refractivity (Wildman–Crippen MR) is 110 cm³/mol. The second-order valence-corrected chi connectivity index (χ2v) is 6.30. The fourth-order valence-electron chi connectivity index (χ4n) is 2.78. The van der Waals surface area contributed by atoms with Gasteiger partial charge in [0, 0.05) is 0 Å². The van der Waals surface area contributed by atoms with Crippen LogP contribution < -0.4 is 15.5 Å². The third kappa shape index (κ3) is 4.44. The first-order valence-corrected chi connectivity index (χ1v) is 8.81. The molecule has 1 unspecified atom stereocenters. The lowest BCUT2D eigenvalue weighted by molar-refractivity contribution is -0.121. The van der Waals surface area contributed by atoms with Crippen LogP contribution in [0.5, 0.6) is 5.75 Å². The summed E-state index contributed by atoms with van der Waals surface area (Å²) in [6.07, 6.45) is 0. The van der Waals surface area contributed by atoms with Crippen LogP contribution in [0.25, 0.3) is 10.8 Å². The minimum absolute atomic E-state index is 0.221. The van der Waals surface area contributed by atoms with Crippen LogP contribution >= 0.6 is 0 Å². The van der Waals surface area contributed by atoms with Gasteiger partial charge in [-0.3, -0.25) is 4.79 Å². The maximum absolute atomic E-state index is 12.4. The van der Waals surface area contributed by atoms with Gasteiger partial charge in [0.05, 0.1) is 18.5 Å². The summed E-state index contributed by atoms with van der Waals surface area (Å²) in [5.41, 5.74) is 5.11. The van der Waals surface area contributed by atoms with Gasteiger partial charge in [0.1, 0.15) is 11.8 Å². The number of nitrogens with zero attached hydrogens (tertiary/aromatic N) is 1. The molecule has 138 valence electrons. The zero-order valence-electron chi connectivity index (χ0n) is 15.7. The minimum Gasteiger partial charge on any atom is -0.495 e. The molecule has 0 aliphatic heterocycles. The minimum atomic E-state index is -0.463. The van der Waals surface area contributed by atoms with Gasteiger partial charge in [-0.05, 0) is 48.4 Å². The van der Waals surface area contributed by atoms with Gasteiger partial charge in [-0.25, -0.2) is 5.43 Å². The fourth-order valence-corrected chi connectivity index (χ4v) is 2.78. The van der Waals surface area contributed by atoms with Gasteiger partial charge < -0.3 is 10.1 Å². The number of hydrogen-bond donors (Lipinski definition) is 2. The number of carbonyl (C=O) groups excluding carboxylic acids is 1. The first kappa shape index (κ1) is 18.5. The van der Waals surface area contributed by atoms with E-state index in [0.29, 0.717) is 5.75 Å². The van der Waals surface area contributed by atoms with Gasteiger partial charge in [-0.15, -0.1) is 0 Å². The van der Waals surface area contributed by atoms with Crippen molar-refractivity contribution in [1.82, 2.24) is 5.43 Å². The zero-order chi connectivity index (χ0) is 19.2. The van der Waals surface area contributed by atoms with Crippen LogP contribution in [0.2, 0.25) is 0 Å². The zero-order valence-corrected chi connectivity index (χ0v) is 15.7. The molecule has 27 heavy (non-hydrogen) atoms. The monoisotopic (exact) mass is 361 g/mol. The highest BCUT2D eigenvalue weighted by Crippen LogP contribution is 2.23. The molecule has 0 radical (unpaired) electrons. The number of methoxy groups -OCH3 is 1. The van der Waals surface area contributed by atoms with Gasteiger partial charge >= 0.3 is 0 Å². The van der Waals surface area contributed by atoms with E-state index >= 15 is 0 Å². The summed E-state index contributed by atoms with van der Waals surface area (Å²) in [5.74, 6) is 0.467. The van der Waals surface area contributed by atoms with Crippen LogP contribution in [-0.2, 0) is 4.79 Å². The number of carbonyl (C=O) groups is 1. The molecule has 3 rings (SSSR count). The topological polar surface area (TPSA) is 62.7 Å². The van der Waals surface area contributed by atoms with Gasteiger partial charge in [0.25, 0.3) is 5.91 Å². The van der Waals surface area contributed by atoms with Crippen molar-refractivity contribution in [1.29, 1.82) is 0 Å². The Kier molecular flexibility index (Phi) is 5.71. The summed E-state index contributed by atoms with van der Waals surface area (Å²) >= 11 is 0. The van der Waals surface area contributed by atoms with Crippen LogP contribution in [0.15, 0.2) is 71.8 Å². The highest BCUT2D eigenvalue weighted by molar-refractivity contribution is 6.02. The molecule has 0 aliphatic carbocycles. The first-order valence-electron chi connectivity index (χ1n) is 8.81. The summed E-state index contributed by atoms with van der Waals surface area (Å²) in [7, 11) is 1.60. The van der Waals surface area contributed by atoms with Crippen molar-refractivity contribution in [3.05, 3.63) is 72.3 Å². The number of anilines is 1. The quantitative estimate of drug-likeness (QED) is 0.511. The number of nitrogens with one attached hydrogen (secondary N) is 2. The molecule has 1 atom stereocenters. The Morgan fingerprint density at radius 3 is 2.48 bits per heavy atom. The second-order valence-electron chi connectivity index (χ2n) is 6.30. The maximum atomic E-state index is 12.4. The van der Waals surface area contributed by atoms with Crippen LogP contribution in [0.4, 0.5) is 5.69 Å². The normalized spacial score (nSPS) is 12.5. The van der Waals surface area contributed by atoms with E-state index in [2.05, 4.69) is 40.1 Å². The summed E-state index contributed by atoms with van der Waals surface area (Å²) in [5, 5.41) is 9.71. The Bertz CT molecular complexity index is 982. The number of ether oxygens (including phenoxy) is 1. The molecular formula is C22H23N3O2. The number of benzene rings is 3. The maximum Gasteiger partial charge on any atom is 0.262 e. The summed E-state index contributed by atoms with van der Waals surface area (Å²) < 4.78 is 5.30. The van der Waals surface area contributed by atoms with E-state index in [4.69, 9.17) is 4.74 Å². The Balaban J connectivity index is 1.67. The van der Waals surface area contributed by atoms with Crippen molar-refractivity contribution in [2.75, 3.05) is 12.4 Å². The lowest BCUT2D eigenvalue weighted by Gasteiger charge is -2.16. The molecule has 0 saturated carbocycles. The number of amides is 1. The molecule has 0 heterocycles. The van der Waals surface area contributed by atoms with E-state index < -0.39 is 6.04 Å². The molecule has 3 aromatic rings. The smallest absolute Gasteiger partial charge is 0.262 e. The number of para-hydroxylation sites is 2. The van der Waals surface area contributed by atoms with Crippen LogP contribution in [0.1, 0.15) is 19.4 Å². The summed E-state index contributed by atoms with van der Waals surface area (Å²) in [6.45, 7) is 3.66. The molecule has 2 N–H and O–H groups in total. The lowest BCUT2D eigenvalue weighted by atomic mass is 10.0. The number of rotatable bonds is 6. The van der Waals surface area contributed by atoms with Crippen molar-refractivity contribution < 1.29 is 9.53 Å². The Labute approximate surface area is 159 Å². The third-order valence-corrected chi connectivity index (χ3v) is 4.37. The Morgan fingerprint density at radius 2 is 1.70 bits per heavy atom. The van der Waals surface area contributed by atoms with Gasteiger partial charge in [-0.2, -0.15) is 5.10 Å². The molecule has 0 fully saturated rings. The number of hydrogen-bond acceptors (Lipinski definition) is 4. The van der Waals surface area contributed by atoms with E-state index in [1.54, 1.807) is 14.0 Å². The highest BCUT2D eigenvalue weighted by Gasteiger charge is 2.14. The molecule has 0 bridgehead atoms. The highest BCUT2D eigenvalue weighted by atomic mass is 16.5. The van der Waals surface area contributed by atoms with Crippen LogP contribution in [0.3, 0.4) is 0 Å². The predicted octanol–water partition coefficient (Wildman–Crippen LogP) is 4.19. The second kappa shape index (κ2) is 8.36. The lowest BCUT2D eigenvalue weighted by Crippen LogP contribution is -2.35. The number of fused-ring (bicyclic) bond motifs is 1. The molecule has 5 nitrogen and oxygen atoms in total. The first-order chi connectivity index (χ1) is 13.1. The van der Waals surface area contributed by atoms with Crippen LogP contribution in [0, 0.1) is 0 Å². The summed E-state index contributed by atoms with van der Waals surface area (Å²) in [6, 6.07) is 21.3. The van der Waals surface area contributed by atoms with E-state index in [1.165, 1.54) is 5.39 Å². The molecule has 1 amide bonds. The van der Waals surface area contributed by atoms with Gasteiger partial charge in [0.2, 0.25) is 0 Å². The average molecular weight is 361 g/mol. The standard InChI is InChI=1S/C22H23N3O2/c1-15(18-13-12-17-8-4-5-9-19(17)14-18)24-25-22(26)16(2)23-20-10-6-7-11-21(20)27-3/h4-14,16,23H,1-3H3,(H,25,26)/b24-15+. The molecule has 3 aromatic carbocycles. The van der Waals surface area contributed by atoms with Crippen molar-refractivity contribution in [2.45, 2.75) is 19.9 Å². The van der Waals surface area contributed by atoms with Crippen molar-refractivity contribution >= 4 is 28.1 Å². The van der Waals surface area contributed by atoms with Crippen LogP contribution in [-0.4, -0.2) is 24.8 Å². The van der Waals surface area contributed by atoms with E-state index in [0.717, 1.165) is 22.3 Å². The summed E-state index contributed by atoms with van der Waals surface area (Å²) in [4.78, 5) is 12.4. The average Bonchev–Trinajstić information content (AvgIpc) is 2.71. The molecule has 5 heteroatoms. The van der Waals surface area contributed by atoms with Crippen molar-refractivity contribution in [3.63, 3.8) is 0 Å². The van der Waals surface area contributed by atoms with Gasteiger partial charge in [0.15, 0.2) is 0 Å². The number of hydrazone groups is 1. The van der Waals surface area contributed by atoms with Crippen molar-refractivity contribution in [3.8, 4) is 5.75 Å². The fraction of sp³-hybridized carbons (Fsp3) is 0.182. The van der Waals surface area contributed by atoms with Gasteiger partial charge in [-0.1, -0.05) is 48.5 Å². The molecular weight excluding hydrogens is 338 g/mol. The SMILES string of the molecule is COc1ccccc1NC(C)C(=O)N/N=C(\C)c1ccc2ccccc2c1. The third-order valence-electron chi connectivity index (χ3n) is 4.37.